The summed E-state index contributed by atoms with van der Waals surface area (Å²) in [5.74, 6) is 1.62. The first-order valence-electron chi connectivity index (χ1n) is 8.73. The maximum absolute atomic E-state index is 13.1. The molecule has 0 saturated carbocycles. The van der Waals surface area contributed by atoms with E-state index < -0.39 is 0 Å². The lowest BCUT2D eigenvalue weighted by Gasteiger charge is -2.30. The molecule has 0 fully saturated rings. The number of amides is 1. The van der Waals surface area contributed by atoms with E-state index in [-0.39, 0.29) is 5.91 Å². The molecule has 0 aliphatic carbocycles. The van der Waals surface area contributed by atoms with Crippen LogP contribution in [-0.4, -0.2) is 13.0 Å². The van der Waals surface area contributed by atoms with Crippen LogP contribution >= 0.6 is 0 Å². The van der Waals surface area contributed by atoms with Crippen LogP contribution in [0.2, 0.25) is 0 Å². The minimum Gasteiger partial charge on any atom is -0.497 e. The molecule has 0 unspecified atom stereocenters. The van der Waals surface area contributed by atoms with Crippen molar-refractivity contribution in [2.45, 2.75) is 6.54 Å². The average Bonchev–Trinajstić information content (AvgIpc) is 2.72. The predicted molar refractivity (Wildman–Crippen MR) is 106 cm³/mol. The van der Waals surface area contributed by atoms with Crippen LogP contribution in [0.5, 0.6) is 11.5 Å². The summed E-state index contributed by atoms with van der Waals surface area (Å²) in [5.41, 5.74) is 2.70. The van der Waals surface area contributed by atoms with E-state index in [4.69, 9.17) is 9.47 Å². The summed E-state index contributed by atoms with van der Waals surface area (Å²) >= 11 is 0. The fraction of sp³-hybridized carbons (Fsp3) is 0.0870. The van der Waals surface area contributed by atoms with E-state index in [0.29, 0.717) is 18.1 Å². The molecule has 27 heavy (non-hydrogen) atoms. The molecule has 3 aromatic carbocycles. The quantitative estimate of drug-likeness (QED) is 0.638. The minimum absolute atomic E-state index is 0.159. The highest BCUT2D eigenvalue weighted by molar-refractivity contribution is 6.09. The van der Waals surface area contributed by atoms with Crippen LogP contribution in [-0.2, 0) is 11.3 Å². The largest absolute Gasteiger partial charge is 0.497 e. The Morgan fingerprint density at radius 3 is 2.37 bits per heavy atom. The molecule has 0 N–H and O–H groups in total. The van der Waals surface area contributed by atoms with Gasteiger partial charge in [-0.1, -0.05) is 54.6 Å². The van der Waals surface area contributed by atoms with Crippen molar-refractivity contribution < 1.29 is 14.3 Å². The summed E-state index contributed by atoms with van der Waals surface area (Å²) < 4.78 is 11.1. The molecule has 3 aromatic rings. The number of nitrogens with zero attached hydrogens (tertiary/aromatic N) is 1. The number of fused-ring (bicyclic) bond motifs is 1. The zero-order chi connectivity index (χ0) is 18.6. The Morgan fingerprint density at radius 1 is 0.926 bits per heavy atom. The fourth-order valence-electron chi connectivity index (χ4n) is 3.03. The van der Waals surface area contributed by atoms with Crippen molar-refractivity contribution in [3.05, 3.63) is 95.7 Å². The molecule has 0 bridgehead atoms. The van der Waals surface area contributed by atoms with Gasteiger partial charge in [-0.3, -0.25) is 9.69 Å². The number of para-hydroxylation sites is 2. The van der Waals surface area contributed by atoms with Crippen molar-refractivity contribution in [3.63, 3.8) is 0 Å². The number of anilines is 1. The monoisotopic (exact) mass is 357 g/mol. The number of rotatable bonds is 4. The number of methoxy groups -OCH3 is 1. The second-order valence-corrected chi connectivity index (χ2v) is 6.23. The van der Waals surface area contributed by atoms with Gasteiger partial charge in [-0.2, -0.15) is 0 Å². The van der Waals surface area contributed by atoms with E-state index in [2.05, 4.69) is 0 Å². The first-order chi connectivity index (χ1) is 13.2. The highest BCUT2D eigenvalue weighted by Gasteiger charge is 2.30. The third-order valence-electron chi connectivity index (χ3n) is 4.43. The van der Waals surface area contributed by atoms with Gasteiger partial charge in [-0.15, -0.1) is 0 Å². The summed E-state index contributed by atoms with van der Waals surface area (Å²) in [5, 5.41) is 0. The van der Waals surface area contributed by atoms with E-state index in [1.165, 1.54) is 0 Å². The predicted octanol–water partition coefficient (Wildman–Crippen LogP) is 4.66. The summed E-state index contributed by atoms with van der Waals surface area (Å²) in [6.07, 6.45) is 1.78. The molecular weight excluding hydrogens is 338 g/mol. The number of carbonyl (C=O) groups is 1. The normalized spacial score (nSPS) is 14.6. The smallest absolute Gasteiger partial charge is 0.294 e. The molecule has 1 amide bonds. The molecule has 0 atom stereocenters. The summed E-state index contributed by atoms with van der Waals surface area (Å²) in [6, 6.07) is 25.0. The lowest BCUT2D eigenvalue weighted by molar-refractivity contribution is -0.117. The molecule has 4 nitrogen and oxygen atoms in total. The van der Waals surface area contributed by atoms with Crippen molar-refractivity contribution in [3.8, 4) is 11.5 Å². The maximum atomic E-state index is 13.1. The molecule has 4 heteroatoms. The lowest BCUT2D eigenvalue weighted by Crippen LogP contribution is -2.36. The number of hydrogen-bond donors (Lipinski definition) is 0. The third kappa shape index (κ3) is 3.55. The van der Waals surface area contributed by atoms with Crippen LogP contribution in [0.3, 0.4) is 0 Å². The van der Waals surface area contributed by atoms with Crippen LogP contribution in [0.4, 0.5) is 5.69 Å². The van der Waals surface area contributed by atoms with E-state index in [9.17, 15) is 4.79 Å². The van der Waals surface area contributed by atoms with Crippen LogP contribution in [0, 0.1) is 0 Å². The maximum Gasteiger partial charge on any atom is 0.294 e. The van der Waals surface area contributed by atoms with Crippen LogP contribution in [0.1, 0.15) is 11.1 Å². The first kappa shape index (κ1) is 16.9. The second kappa shape index (κ2) is 7.38. The summed E-state index contributed by atoms with van der Waals surface area (Å²) in [6.45, 7) is 0.454. The number of benzene rings is 3. The Hall–Kier alpha value is -3.53. The zero-order valence-electron chi connectivity index (χ0n) is 15.0. The molecule has 0 radical (unpaired) electrons. The van der Waals surface area contributed by atoms with E-state index in [1.54, 1.807) is 18.1 Å². The number of ether oxygens (including phenoxy) is 2. The van der Waals surface area contributed by atoms with Crippen molar-refractivity contribution in [2.75, 3.05) is 12.0 Å². The number of carbonyl (C=O) groups excluding carboxylic acids is 1. The SMILES string of the molecule is COc1ccc(CN2C(=O)C(=Cc3ccccc3)Oc3ccccc32)cc1. The van der Waals surface area contributed by atoms with Crippen LogP contribution in [0.25, 0.3) is 6.08 Å². The molecule has 0 aromatic heterocycles. The standard InChI is InChI=1S/C23H19NO3/c1-26-19-13-11-18(12-14-19)16-24-20-9-5-6-10-21(20)27-22(23(24)25)15-17-7-3-2-4-8-17/h2-15H,16H2,1H3. The van der Waals surface area contributed by atoms with Gasteiger partial charge in [0.2, 0.25) is 0 Å². The second-order valence-electron chi connectivity index (χ2n) is 6.23. The van der Waals surface area contributed by atoms with Crippen molar-refractivity contribution in [2.24, 2.45) is 0 Å². The molecule has 4 rings (SSSR count). The van der Waals surface area contributed by atoms with Gasteiger partial charge in [0.05, 0.1) is 19.3 Å². The zero-order valence-corrected chi connectivity index (χ0v) is 15.0. The van der Waals surface area contributed by atoms with Crippen molar-refractivity contribution in [1.29, 1.82) is 0 Å². The molecular formula is C23H19NO3. The molecule has 0 spiro atoms. The summed E-state index contributed by atoms with van der Waals surface area (Å²) in [7, 11) is 1.64. The van der Waals surface area contributed by atoms with Crippen LogP contribution < -0.4 is 14.4 Å². The lowest BCUT2D eigenvalue weighted by atomic mass is 10.1. The van der Waals surface area contributed by atoms with E-state index >= 15 is 0 Å². The average molecular weight is 357 g/mol. The Bertz CT molecular complexity index is 978. The topological polar surface area (TPSA) is 38.8 Å². The Kier molecular flexibility index (Phi) is 4.62. The van der Waals surface area contributed by atoms with Gasteiger partial charge in [0, 0.05) is 0 Å². The highest BCUT2D eigenvalue weighted by Crippen LogP contribution is 2.36. The minimum atomic E-state index is -0.159. The van der Waals surface area contributed by atoms with Crippen molar-refractivity contribution in [1.82, 2.24) is 0 Å². The van der Waals surface area contributed by atoms with Gasteiger partial charge in [-0.05, 0) is 41.5 Å². The van der Waals surface area contributed by atoms with Gasteiger partial charge >= 0.3 is 0 Å². The van der Waals surface area contributed by atoms with Gasteiger partial charge < -0.3 is 9.47 Å². The summed E-state index contributed by atoms with van der Waals surface area (Å²) in [4.78, 5) is 14.9. The Balaban J connectivity index is 1.70. The van der Waals surface area contributed by atoms with Gasteiger partial charge in [0.1, 0.15) is 5.75 Å². The first-order valence-corrected chi connectivity index (χ1v) is 8.73. The van der Waals surface area contributed by atoms with Crippen LogP contribution in [0.15, 0.2) is 84.6 Å². The van der Waals surface area contributed by atoms with Crippen molar-refractivity contribution >= 4 is 17.7 Å². The molecule has 1 heterocycles. The molecule has 1 aliphatic heterocycles. The highest BCUT2D eigenvalue weighted by atomic mass is 16.5. The Labute approximate surface area is 158 Å². The van der Waals surface area contributed by atoms with E-state index in [1.807, 2.05) is 78.9 Å². The third-order valence-corrected chi connectivity index (χ3v) is 4.43. The van der Waals surface area contributed by atoms with Gasteiger partial charge in [-0.25, -0.2) is 0 Å². The fourth-order valence-corrected chi connectivity index (χ4v) is 3.03. The molecule has 134 valence electrons. The van der Waals surface area contributed by atoms with E-state index in [0.717, 1.165) is 22.6 Å². The molecule has 0 saturated heterocycles. The Morgan fingerprint density at radius 2 is 1.63 bits per heavy atom. The van der Waals surface area contributed by atoms with Gasteiger partial charge in [0.25, 0.3) is 5.91 Å². The number of hydrogen-bond acceptors (Lipinski definition) is 3. The van der Waals surface area contributed by atoms with Gasteiger partial charge in [0.15, 0.2) is 11.5 Å². The molecule has 1 aliphatic rings.